The third kappa shape index (κ3) is 2.84. The van der Waals surface area contributed by atoms with Crippen molar-refractivity contribution in [1.29, 1.82) is 5.41 Å². The van der Waals surface area contributed by atoms with E-state index in [-0.39, 0.29) is 18.4 Å². The lowest BCUT2D eigenvalue weighted by molar-refractivity contribution is 0.319. The monoisotopic (exact) mass is 274 g/mol. The van der Waals surface area contributed by atoms with E-state index >= 15 is 0 Å². The molecule has 1 saturated carbocycles. The predicted molar refractivity (Wildman–Crippen MR) is 70.6 cm³/mol. The van der Waals surface area contributed by atoms with Gasteiger partial charge in [0.2, 0.25) is 0 Å². The molecule has 3 N–H and O–H groups in total. The van der Waals surface area contributed by atoms with Crippen molar-refractivity contribution < 1.29 is 8.42 Å². The molecule has 18 heavy (non-hydrogen) atoms. The molecule has 2 fully saturated rings. The second-order valence-electron chi connectivity index (χ2n) is 5.12. The van der Waals surface area contributed by atoms with Gasteiger partial charge in [-0.05, 0) is 25.7 Å². The maximum Gasteiger partial charge on any atom is 0.282 e. The summed E-state index contributed by atoms with van der Waals surface area (Å²) in [5, 5.41) is 7.39. The summed E-state index contributed by atoms with van der Waals surface area (Å²) >= 11 is 0. The molecule has 6 nitrogen and oxygen atoms in total. The number of hydrogen-bond acceptors (Lipinski definition) is 3. The lowest BCUT2D eigenvalue weighted by Gasteiger charge is -2.31. The van der Waals surface area contributed by atoms with Crippen LogP contribution in [0.2, 0.25) is 0 Å². The standard InChI is InChI=1S/C11H22N4O2S/c12-11(13)9-15(10-5-1-2-6-10)18(16,17)14-7-3-4-8-14/h10H,1-9H2,(H3,12,13). The molecule has 0 spiro atoms. The van der Waals surface area contributed by atoms with E-state index in [9.17, 15) is 8.42 Å². The highest BCUT2D eigenvalue weighted by molar-refractivity contribution is 7.86. The maximum atomic E-state index is 12.6. The summed E-state index contributed by atoms with van der Waals surface area (Å²) in [7, 11) is -3.43. The van der Waals surface area contributed by atoms with Crippen LogP contribution >= 0.6 is 0 Å². The predicted octanol–water partition coefficient (Wildman–Crippen LogP) is 0.508. The Morgan fingerprint density at radius 3 is 2.28 bits per heavy atom. The second kappa shape index (κ2) is 5.54. The van der Waals surface area contributed by atoms with Crippen molar-refractivity contribution in [3.8, 4) is 0 Å². The Balaban J connectivity index is 2.18. The molecular formula is C11H22N4O2S. The minimum atomic E-state index is -3.43. The summed E-state index contributed by atoms with van der Waals surface area (Å²) < 4.78 is 28.1. The largest absolute Gasteiger partial charge is 0.387 e. The molecule has 1 saturated heterocycles. The first-order chi connectivity index (χ1) is 8.51. The van der Waals surface area contributed by atoms with Gasteiger partial charge in [-0.3, -0.25) is 5.41 Å². The number of hydrogen-bond donors (Lipinski definition) is 2. The van der Waals surface area contributed by atoms with Crippen LogP contribution in [-0.2, 0) is 10.2 Å². The van der Waals surface area contributed by atoms with Crippen molar-refractivity contribution in [2.75, 3.05) is 19.6 Å². The van der Waals surface area contributed by atoms with Gasteiger partial charge in [0.1, 0.15) is 5.84 Å². The van der Waals surface area contributed by atoms with E-state index in [0.29, 0.717) is 13.1 Å². The Hall–Kier alpha value is -0.660. The lowest BCUT2D eigenvalue weighted by Crippen LogP contribution is -2.50. The third-order valence-electron chi connectivity index (χ3n) is 3.75. The van der Waals surface area contributed by atoms with Crippen molar-refractivity contribution in [2.24, 2.45) is 5.73 Å². The Bertz CT molecular complexity index is 397. The van der Waals surface area contributed by atoms with Crippen LogP contribution in [0.3, 0.4) is 0 Å². The molecule has 0 aromatic rings. The molecular weight excluding hydrogens is 252 g/mol. The second-order valence-corrected chi connectivity index (χ2v) is 7.00. The van der Waals surface area contributed by atoms with Crippen LogP contribution in [0.1, 0.15) is 38.5 Å². The Kier molecular flexibility index (Phi) is 4.24. The van der Waals surface area contributed by atoms with Gasteiger partial charge in [-0.2, -0.15) is 17.0 Å². The first kappa shape index (κ1) is 13.8. The molecule has 0 radical (unpaired) electrons. The minimum Gasteiger partial charge on any atom is -0.387 e. The highest BCUT2D eigenvalue weighted by atomic mass is 32.2. The van der Waals surface area contributed by atoms with Crippen LogP contribution in [0.15, 0.2) is 0 Å². The fourth-order valence-corrected chi connectivity index (χ4v) is 4.73. The molecule has 0 amide bonds. The van der Waals surface area contributed by atoms with E-state index in [1.54, 1.807) is 0 Å². The van der Waals surface area contributed by atoms with Gasteiger partial charge in [0.15, 0.2) is 0 Å². The van der Waals surface area contributed by atoms with Gasteiger partial charge in [0.25, 0.3) is 10.2 Å². The molecule has 104 valence electrons. The topological polar surface area (TPSA) is 90.5 Å². The van der Waals surface area contributed by atoms with E-state index in [1.165, 1.54) is 8.61 Å². The molecule has 1 aliphatic heterocycles. The van der Waals surface area contributed by atoms with Crippen LogP contribution < -0.4 is 5.73 Å². The zero-order chi connectivity index (χ0) is 13.2. The van der Waals surface area contributed by atoms with Gasteiger partial charge in [0.05, 0.1) is 6.54 Å². The van der Waals surface area contributed by atoms with Gasteiger partial charge < -0.3 is 5.73 Å². The highest BCUT2D eigenvalue weighted by Gasteiger charge is 2.37. The fourth-order valence-electron chi connectivity index (χ4n) is 2.83. The number of nitrogens with two attached hydrogens (primary N) is 1. The molecule has 2 aliphatic rings. The van der Waals surface area contributed by atoms with E-state index in [4.69, 9.17) is 11.1 Å². The smallest absolute Gasteiger partial charge is 0.282 e. The molecule has 7 heteroatoms. The Morgan fingerprint density at radius 1 is 1.22 bits per heavy atom. The van der Waals surface area contributed by atoms with Gasteiger partial charge >= 0.3 is 0 Å². The number of nitrogens with one attached hydrogen (secondary N) is 1. The molecule has 2 rings (SSSR count). The Labute approximate surface area is 109 Å². The maximum absolute atomic E-state index is 12.6. The molecule has 0 aromatic heterocycles. The van der Waals surface area contributed by atoms with Crippen molar-refractivity contribution >= 4 is 16.0 Å². The quantitative estimate of drug-likeness (QED) is 0.565. The number of nitrogens with zero attached hydrogens (tertiary/aromatic N) is 2. The summed E-state index contributed by atoms with van der Waals surface area (Å²) in [6.45, 7) is 1.23. The summed E-state index contributed by atoms with van der Waals surface area (Å²) in [5.41, 5.74) is 5.41. The summed E-state index contributed by atoms with van der Waals surface area (Å²) in [6.07, 6.45) is 5.76. The third-order valence-corrected chi connectivity index (χ3v) is 5.78. The van der Waals surface area contributed by atoms with Crippen LogP contribution in [0.4, 0.5) is 0 Å². The molecule has 0 unspecified atom stereocenters. The van der Waals surface area contributed by atoms with Crippen LogP contribution in [-0.4, -0.2) is 48.5 Å². The van der Waals surface area contributed by atoms with E-state index in [2.05, 4.69) is 0 Å². The zero-order valence-electron chi connectivity index (χ0n) is 10.6. The first-order valence-electron chi connectivity index (χ1n) is 6.61. The number of amidine groups is 1. The van der Waals surface area contributed by atoms with Crippen LogP contribution in [0, 0.1) is 5.41 Å². The van der Waals surface area contributed by atoms with E-state index < -0.39 is 10.2 Å². The average Bonchev–Trinajstić information content (AvgIpc) is 2.98. The molecule has 0 bridgehead atoms. The van der Waals surface area contributed by atoms with E-state index in [1.807, 2.05) is 0 Å². The van der Waals surface area contributed by atoms with E-state index in [0.717, 1.165) is 38.5 Å². The molecule has 1 aliphatic carbocycles. The van der Waals surface area contributed by atoms with Crippen molar-refractivity contribution in [3.63, 3.8) is 0 Å². The van der Waals surface area contributed by atoms with Crippen molar-refractivity contribution in [2.45, 2.75) is 44.6 Å². The first-order valence-corrected chi connectivity index (χ1v) is 8.01. The normalized spacial score (nSPS) is 22.9. The Morgan fingerprint density at radius 2 is 1.78 bits per heavy atom. The van der Waals surface area contributed by atoms with Gasteiger partial charge in [-0.15, -0.1) is 0 Å². The zero-order valence-corrected chi connectivity index (χ0v) is 11.5. The minimum absolute atomic E-state index is 0.0273. The lowest BCUT2D eigenvalue weighted by atomic mass is 10.2. The molecule has 1 heterocycles. The van der Waals surface area contributed by atoms with Crippen LogP contribution in [0.5, 0.6) is 0 Å². The average molecular weight is 274 g/mol. The highest BCUT2D eigenvalue weighted by Crippen LogP contribution is 2.28. The molecule has 0 atom stereocenters. The van der Waals surface area contributed by atoms with Crippen LogP contribution in [0.25, 0.3) is 0 Å². The van der Waals surface area contributed by atoms with Crippen molar-refractivity contribution in [3.05, 3.63) is 0 Å². The SMILES string of the molecule is N=C(N)CN(C1CCCC1)S(=O)(=O)N1CCCC1. The van der Waals surface area contributed by atoms with Gasteiger partial charge in [-0.1, -0.05) is 12.8 Å². The summed E-state index contributed by atoms with van der Waals surface area (Å²) in [4.78, 5) is 0. The van der Waals surface area contributed by atoms with Gasteiger partial charge in [0, 0.05) is 19.1 Å². The van der Waals surface area contributed by atoms with Gasteiger partial charge in [-0.25, -0.2) is 0 Å². The summed E-state index contributed by atoms with van der Waals surface area (Å²) in [5.74, 6) is -0.0790. The van der Waals surface area contributed by atoms with Crippen molar-refractivity contribution in [1.82, 2.24) is 8.61 Å². The fraction of sp³-hybridized carbons (Fsp3) is 0.909. The summed E-state index contributed by atoms with van der Waals surface area (Å²) in [6, 6.07) is 0.0273. The number of rotatable bonds is 5. The molecule has 0 aromatic carbocycles.